The van der Waals surface area contributed by atoms with Gasteiger partial charge in [-0.15, -0.1) is 0 Å². The van der Waals surface area contributed by atoms with Crippen LogP contribution in [0.3, 0.4) is 0 Å². The van der Waals surface area contributed by atoms with Crippen molar-refractivity contribution >= 4 is 70.6 Å². The van der Waals surface area contributed by atoms with Gasteiger partial charge in [0.15, 0.2) is 0 Å². The molecule has 0 saturated carbocycles. The summed E-state index contributed by atoms with van der Waals surface area (Å²) >= 11 is 3.76. The van der Waals surface area contributed by atoms with E-state index in [1.165, 1.54) is 0 Å². The molecule has 0 aliphatic carbocycles. The van der Waals surface area contributed by atoms with Gasteiger partial charge in [-0.3, -0.25) is 0 Å². The second kappa shape index (κ2) is 7.25. The molecule has 0 spiro atoms. The van der Waals surface area contributed by atoms with Gasteiger partial charge in [0, 0.05) is 0 Å². The molecule has 1 heterocycles. The molecule has 1 N–H and O–H groups in total. The Kier molecular flexibility index (Phi) is 6.28. The van der Waals surface area contributed by atoms with Crippen molar-refractivity contribution in [3.63, 3.8) is 0 Å². The Labute approximate surface area is 127 Å². The maximum absolute atomic E-state index is 11.4. The molecule has 0 aromatic rings. The number of thiol groups is 2. The van der Waals surface area contributed by atoms with E-state index >= 15 is 0 Å². The molecule has 1 saturated heterocycles. The predicted octanol–water partition coefficient (Wildman–Crippen LogP) is -0.924. The first kappa shape index (κ1) is 16.5. The Morgan fingerprint density at radius 1 is 1.47 bits per heavy atom. The van der Waals surface area contributed by atoms with Crippen molar-refractivity contribution in [3.8, 4) is 0 Å². The number of carboxylic acids is 1. The van der Waals surface area contributed by atoms with E-state index < -0.39 is 62.3 Å². The van der Waals surface area contributed by atoms with Crippen LogP contribution in [0.5, 0.6) is 0 Å². The van der Waals surface area contributed by atoms with Crippen molar-refractivity contribution in [2.45, 2.75) is 23.3 Å². The summed E-state index contributed by atoms with van der Waals surface area (Å²) in [6, 6.07) is 0. The van der Waals surface area contributed by atoms with Crippen LogP contribution in [0.25, 0.3) is 0 Å². The first-order valence-electron chi connectivity index (χ1n) is 4.82. The standard InChI is InChI=1S/2C4H6O4S.Sb/c2*5-3(6)1-2(9)4(7)8;/h2*2,9H,1H2,(H,5,6)(H,7,8);/q;;+3/p-3. The monoisotopic (exact) mass is 418 g/mol. The van der Waals surface area contributed by atoms with Crippen LogP contribution < -0.4 is 0 Å². The molecule has 1 fully saturated rings. The van der Waals surface area contributed by atoms with Gasteiger partial charge < -0.3 is 0 Å². The van der Waals surface area contributed by atoms with E-state index in [9.17, 15) is 19.2 Å². The second-order valence-corrected chi connectivity index (χ2v) is 7.43. The van der Waals surface area contributed by atoms with Gasteiger partial charge in [0.2, 0.25) is 0 Å². The summed E-state index contributed by atoms with van der Waals surface area (Å²) in [5.41, 5.74) is 0. The molecular weight excluding hydrogens is 410 g/mol. The van der Waals surface area contributed by atoms with E-state index in [1.807, 2.05) is 0 Å². The van der Waals surface area contributed by atoms with Gasteiger partial charge in [0.05, 0.1) is 0 Å². The Balaban J connectivity index is 2.60. The van der Waals surface area contributed by atoms with E-state index in [0.717, 1.165) is 0 Å². The van der Waals surface area contributed by atoms with Gasteiger partial charge in [0.1, 0.15) is 0 Å². The molecular formula is C8H9O8S2Sb. The number of aliphatic carboxylic acids is 1. The van der Waals surface area contributed by atoms with Crippen LogP contribution in [-0.2, 0) is 28.2 Å². The van der Waals surface area contributed by atoms with Crippen molar-refractivity contribution in [1.29, 1.82) is 0 Å². The van der Waals surface area contributed by atoms with E-state index in [0.29, 0.717) is 0 Å². The van der Waals surface area contributed by atoms with Crippen LogP contribution in [0.2, 0.25) is 0 Å². The Morgan fingerprint density at radius 3 is 2.68 bits per heavy atom. The van der Waals surface area contributed by atoms with E-state index in [4.69, 9.17) is 14.2 Å². The third kappa shape index (κ3) is 5.50. The van der Waals surface area contributed by atoms with Crippen molar-refractivity contribution in [2.24, 2.45) is 0 Å². The Morgan fingerprint density at radius 2 is 2.11 bits per heavy atom. The predicted molar refractivity (Wildman–Crippen MR) is 66.4 cm³/mol. The van der Waals surface area contributed by atoms with E-state index in [1.54, 1.807) is 0 Å². The fourth-order valence-electron chi connectivity index (χ4n) is 0.935. The first-order valence-corrected chi connectivity index (χ1v) is 8.98. The van der Waals surface area contributed by atoms with Crippen molar-refractivity contribution < 1.29 is 33.3 Å². The van der Waals surface area contributed by atoms with E-state index in [2.05, 4.69) is 25.3 Å². The molecule has 2 unspecified atom stereocenters. The van der Waals surface area contributed by atoms with Crippen molar-refractivity contribution in [3.05, 3.63) is 0 Å². The summed E-state index contributed by atoms with van der Waals surface area (Å²) in [4.78, 5) is 44.3. The molecule has 0 bridgehead atoms. The van der Waals surface area contributed by atoms with Gasteiger partial charge in [-0.2, -0.15) is 0 Å². The molecule has 8 nitrogen and oxygen atoms in total. The van der Waals surface area contributed by atoms with Gasteiger partial charge in [0.25, 0.3) is 0 Å². The third-order valence-electron chi connectivity index (χ3n) is 1.78. The zero-order chi connectivity index (χ0) is 14.6. The number of hydrogen-bond donors (Lipinski definition) is 3. The quantitative estimate of drug-likeness (QED) is 0.396. The molecule has 0 amide bonds. The number of carbonyl (C=O) groups excluding carboxylic acids is 3. The molecule has 1 rings (SSSR count). The summed E-state index contributed by atoms with van der Waals surface area (Å²) < 4.78 is 14.1. The first-order chi connectivity index (χ1) is 8.79. The van der Waals surface area contributed by atoms with Crippen LogP contribution in [0.1, 0.15) is 12.8 Å². The van der Waals surface area contributed by atoms with Gasteiger partial charge in [-0.05, 0) is 0 Å². The number of carbonyl (C=O) groups is 4. The van der Waals surface area contributed by atoms with Crippen LogP contribution in [0.15, 0.2) is 0 Å². The molecule has 1 aliphatic heterocycles. The fourth-order valence-corrected chi connectivity index (χ4v) is 4.41. The molecule has 0 aromatic heterocycles. The van der Waals surface area contributed by atoms with Crippen LogP contribution in [0.4, 0.5) is 0 Å². The number of carboxylic acid groups (broad SMARTS) is 1. The molecule has 0 aromatic carbocycles. The molecule has 0 radical (unpaired) electrons. The Hall–Kier alpha value is -0.602. The summed E-state index contributed by atoms with van der Waals surface area (Å²) in [5.74, 6) is -3.81. The summed E-state index contributed by atoms with van der Waals surface area (Å²) in [5, 5.41) is 6.29. The minimum atomic E-state index is -3.79. The zero-order valence-corrected chi connectivity index (χ0v) is 13.6. The van der Waals surface area contributed by atoms with Crippen LogP contribution in [0, 0.1) is 0 Å². The SMILES string of the molecule is O=C(O)CC(S)C(=O)[O][Sb]1[O]C(=O)CC(S)C(=O)[O]1. The summed E-state index contributed by atoms with van der Waals surface area (Å²) in [6.45, 7) is 0. The molecule has 2 atom stereocenters. The second-order valence-electron chi connectivity index (χ2n) is 3.34. The molecule has 106 valence electrons. The van der Waals surface area contributed by atoms with Gasteiger partial charge in [-0.25, -0.2) is 0 Å². The molecule has 1 aliphatic rings. The van der Waals surface area contributed by atoms with Crippen LogP contribution >= 0.6 is 25.3 Å². The van der Waals surface area contributed by atoms with Crippen molar-refractivity contribution in [1.82, 2.24) is 0 Å². The fraction of sp³-hybridized carbons (Fsp3) is 0.500. The van der Waals surface area contributed by atoms with Gasteiger partial charge >= 0.3 is 127 Å². The third-order valence-corrected chi connectivity index (χ3v) is 5.45. The average Bonchev–Trinajstić information content (AvgIpc) is 2.37. The summed E-state index contributed by atoms with van der Waals surface area (Å²) in [7, 11) is 0. The van der Waals surface area contributed by atoms with Crippen LogP contribution in [-0.4, -0.2) is 61.0 Å². The topological polar surface area (TPSA) is 116 Å². The average molecular weight is 419 g/mol. The number of hydrogen-bond acceptors (Lipinski definition) is 9. The van der Waals surface area contributed by atoms with E-state index in [-0.39, 0.29) is 6.42 Å². The number of rotatable bonds is 4. The summed E-state index contributed by atoms with van der Waals surface area (Å²) in [6.07, 6.45) is -0.840. The Bertz CT molecular complexity index is 414. The minimum absolute atomic E-state index is 0.278. The normalized spacial score (nSPS) is 21.9. The maximum atomic E-state index is 11.4. The van der Waals surface area contributed by atoms with Gasteiger partial charge in [-0.1, -0.05) is 0 Å². The molecule has 19 heavy (non-hydrogen) atoms. The molecule has 11 heteroatoms. The zero-order valence-electron chi connectivity index (χ0n) is 9.22. The van der Waals surface area contributed by atoms with Crippen molar-refractivity contribution in [2.75, 3.05) is 0 Å².